The SMILES string of the molecule is [CH2-]CCCCCCCCC(=O)O[C@H](COC(=O)CCCCCC[CH2-])COP(=O)(O)O. The van der Waals surface area contributed by atoms with Gasteiger partial charge < -0.3 is 33.1 Å². The van der Waals surface area contributed by atoms with Gasteiger partial charge in [-0.15, -0.1) is 0 Å². The van der Waals surface area contributed by atoms with Crippen LogP contribution in [-0.4, -0.2) is 41.0 Å². The third-order valence-electron chi connectivity index (χ3n) is 4.42. The van der Waals surface area contributed by atoms with Gasteiger partial charge in [0.05, 0.1) is 6.61 Å². The molecule has 30 heavy (non-hydrogen) atoms. The molecule has 0 aromatic heterocycles. The molecule has 0 aromatic carbocycles. The van der Waals surface area contributed by atoms with Crippen molar-refractivity contribution in [1.82, 2.24) is 0 Å². The van der Waals surface area contributed by atoms with Gasteiger partial charge in [-0.1, -0.05) is 51.4 Å². The third-order valence-corrected chi connectivity index (χ3v) is 4.90. The van der Waals surface area contributed by atoms with Gasteiger partial charge in [-0.05, 0) is 12.8 Å². The Hall–Kier alpha value is -0.950. The van der Waals surface area contributed by atoms with Crippen molar-refractivity contribution in [2.24, 2.45) is 0 Å². The first-order valence-electron chi connectivity index (χ1n) is 10.9. The highest BCUT2D eigenvalue weighted by Crippen LogP contribution is 2.35. The van der Waals surface area contributed by atoms with Crippen molar-refractivity contribution in [3.8, 4) is 0 Å². The van der Waals surface area contributed by atoms with E-state index in [1.54, 1.807) is 0 Å². The summed E-state index contributed by atoms with van der Waals surface area (Å²) in [6.45, 7) is 6.72. The van der Waals surface area contributed by atoms with Crippen LogP contribution in [0.5, 0.6) is 0 Å². The van der Waals surface area contributed by atoms with Crippen LogP contribution in [0.15, 0.2) is 0 Å². The van der Waals surface area contributed by atoms with Crippen LogP contribution in [0, 0.1) is 13.8 Å². The van der Waals surface area contributed by atoms with Crippen molar-refractivity contribution < 1.29 is 37.9 Å². The number of phosphoric ester groups is 1. The van der Waals surface area contributed by atoms with Crippen LogP contribution in [0.2, 0.25) is 0 Å². The van der Waals surface area contributed by atoms with Gasteiger partial charge in [0.15, 0.2) is 6.10 Å². The fraction of sp³-hybridized carbons (Fsp3) is 0.810. The predicted octanol–water partition coefficient (Wildman–Crippen LogP) is 4.68. The van der Waals surface area contributed by atoms with E-state index >= 15 is 0 Å². The fourth-order valence-corrected chi connectivity index (χ4v) is 3.11. The Balaban J connectivity index is 4.21. The number of hydrogen-bond acceptors (Lipinski definition) is 6. The summed E-state index contributed by atoms with van der Waals surface area (Å²) in [7, 11) is -4.72. The number of carbonyl (C=O) groups excluding carboxylic acids is 2. The molecule has 1 atom stereocenters. The van der Waals surface area contributed by atoms with Crippen molar-refractivity contribution in [2.45, 2.75) is 96.0 Å². The van der Waals surface area contributed by atoms with Crippen LogP contribution < -0.4 is 0 Å². The summed E-state index contributed by atoms with van der Waals surface area (Å²) in [5, 5.41) is 0. The molecule has 0 bridgehead atoms. The molecule has 8 nitrogen and oxygen atoms in total. The van der Waals surface area contributed by atoms with Crippen LogP contribution in [0.3, 0.4) is 0 Å². The van der Waals surface area contributed by atoms with Gasteiger partial charge in [-0.3, -0.25) is 14.1 Å². The molecule has 0 amide bonds. The first-order chi connectivity index (χ1) is 14.3. The van der Waals surface area contributed by atoms with Crippen LogP contribution in [-0.2, 0) is 28.2 Å². The second-order valence-corrected chi connectivity index (χ2v) is 8.56. The van der Waals surface area contributed by atoms with Crippen molar-refractivity contribution in [3.63, 3.8) is 0 Å². The zero-order valence-electron chi connectivity index (χ0n) is 18.1. The van der Waals surface area contributed by atoms with Gasteiger partial charge in [-0.2, -0.15) is 12.8 Å². The molecule has 0 spiro atoms. The molecular formula is C21H39O8P-2. The molecule has 0 aliphatic rings. The summed E-state index contributed by atoms with van der Waals surface area (Å²) in [6, 6.07) is 0. The Morgan fingerprint density at radius 3 is 1.70 bits per heavy atom. The summed E-state index contributed by atoms with van der Waals surface area (Å²) in [4.78, 5) is 41.5. The minimum Gasteiger partial charge on any atom is -0.462 e. The second kappa shape index (κ2) is 18.8. The fourth-order valence-electron chi connectivity index (χ4n) is 2.75. The van der Waals surface area contributed by atoms with Crippen LogP contribution in [0.4, 0.5) is 0 Å². The molecule has 0 fully saturated rings. The average Bonchev–Trinajstić information content (AvgIpc) is 2.68. The van der Waals surface area contributed by atoms with Crippen LogP contribution in [0.1, 0.15) is 89.9 Å². The summed E-state index contributed by atoms with van der Waals surface area (Å²) in [5.74, 6) is -0.944. The lowest BCUT2D eigenvalue weighted by molar-refractivity contribution is -0.161. The van der Waals surface area contributed by atoms with E-state index in [0.717, 1.165) is 64.2 Å². The number of esters is 2. The van der Waals surface area contributed by atoms with Crippen LogP contribution >= 0.6 is 7.82 Å². The predicted molar refractivity (Wildman–Crippen MR) is 114 cm³/mol. The monoisotopic (exact) mass is 450 g/mol. The Morgan fingerprint density at radius 1 is 0.733 bits per heavy atom. The molecule has 0 saturated heterocycles. The molecule has 0 radical (unpaired) electrons. The number of ether oxygens (including phenoxy) is 2. The topological polar surface area (TPSA) is 119 Å². The van der Waals surface area contributed by atoms with Crippen molar-refractivity contribution in [2.75, 3.05) is 13.2 Å². The molecule has 0 saturated carbocycles. The Morgan fingerprint density at radius 2 is 1.20 bits per heavy atom. The largest absolute Gasteiger partial charge is 0.469 e. The minimum absolute atomic E-state index is 0.196. The Bertz CT molecular complexity index is 491. The zero-order chi connectivity index (χ0) is 22.7. The highest BCUT2D eigenvalue weighted by molar-refractivity contribution is 7.46. The van der Waals surface area contributed by atoms with E-state index in [1.807, 2.05) is 0 Å². The maximum absolute atomic E-state index is 12.0. The van der Waals surface area contributed by atoms with E-state index < -0.39 is 32.5 Å². The lowest BCUT2D eigenvalue weighted by Crippen LogP contribution is -2.29. The Kier molecular flexibility index (Phi) is 18.2. The molecule has 178 valence electrons. The highest BCUT2D eigenvalue weighted by atomic mass is 31.2. The van der Waals surface area contributed by atoms with Crippen molar-refractivity contribution >= 4 is 19.8 Å². The number of rotatable bonds is 20. The van der Waals surface area contributed by atoms with Gasteiger partial charge in [0.1, 0.15) is 6.61 Å². The van der Waals surface area contributed by atoms with Gasteiger partial charge in [0, 0.05) is 12.8 Å². The lowest BCUT2D eigenvalue weighted by Gasteiger charge is -2.18. The zero-order valence-corrected chi connectivity index (χ0v) is 19.0. The number of carbonyl (C=O) groups is 2. The quantitative estimate of drug-likeness (QED) is 0.119. The molecule has 0 rings (SSSR count). The van der Waals surface area contributed by atoms with E-state index in [-0.39, 0.29) is 19.4 Å². The Labute approximate surface area is 181 Å². The smallest absolute Gasteiger partial charge is 0.462 e. The van der Waals surface area contributed by atoms with E-state index in [4.69, 9.17) is 19.3 Å². The standard InChI is InChI=1S/C21H39O8P/c1-3-5-7-9-10-12-14-16-21(23)29-19(18-28-30(24,25)26)17-27-20(22)15-13-11-8-6-4-2/h19H,1-18H2,(H2,24,25,26)/q-2/t19-/m1/s1. The summed E-state index contributed by atoms with van der Waals surface area (Å²) in [6.07, 6.45) is 10.8. The van der Waals surface area contributed by atoms with Crippen molar-refractivity contribution in [3.05, 3.63) is 13.8 Å². The van der Waals surface area contributed by atoms with E-state index in [9.17, 15) is 14.2 Å². The molecule has 0 aliphatic heterocycles. The van der Waals surface area contributed by atoms with Gasteiger partial charge >= 0.3 is 19.8 Å². The first kappa shape index (κ1) is 29.1. The van der Waals surface area contributed by atoms with E-state index in [1.165, 1.54) is 0 Å². The molecule has 0 aliphatic carbocycles. The van der Waals surface area contributed by atoms with Crippen LogP contribution in [0.25, 0.3) is 0 Å². The second-order valence-electron chi connectivity index (χ2n) is 7.32. The minimum atomic E-state index is -4.72. The summed E-state index contributed by atoms with van der Waals surface area (Å²) < 4.78 is 25.6. The van der Waals surface area contributed by atoms with Gasteiger partial charge in [-0.25, -0.2) is 4.57 Å². The molecule has 0 unspecified atom stereocenters. The maximum Gasteiger partial charge on any atom is 0.469 e. The maximum atomic E-state index is 12.0. The molecule has 0 aromatic rings. The average molecular weight is 451 g/mol. The van der Waals surface area contributed by atoms with E-state index in [2.05, 4.69) is 18.4 Å². The molecule has 2 N–H and O–H groups in total. The van der Waals surface area contributed by atoms with E-state index in [0.29, 0.717) is 12.8 Å². The molecular weight excluding hydrogens is 411 g/mol. The number of phosphoric acid groups is 1. The first-order valence-corrected chi connectivity index (χ1v) is 12.4. The summed E-state index contributed by atoms with van der Waals surface area (Å²) in [5.41, 5.74) is 0. The molecule has 9 heteroatoms. The third kappa shape index (κ3) is 20.3. The number of unbranched alkanes of at least 4 members (excludes halogenated alkanes) is 10. The lowest BCUT2D eigenvalue weighted by atomic mass is 10.1. The van der Waals surface area contributed by atoms with Crippen molar-refractivity contribution in [1.29, 1.82) is 0 Å². The van der Waals surface area contributed by atoms with Gasteiger partial charge in [0.25, 0.3) is 0 Å². The van der Waals surface area contributed by atoms with Gasteiger partial charge in [0.2, 0.25) is 0 Å². The highest BCUT2D eigenvalue weighted by Gasteiger charge is 2.22. The normalized spacial score (nSPS) is 12.5. The molecule has 0 heterocycles. The summed E-state index contributed by atoms with van der Waals surface area (Å²) >= 11 is 0. The number of hydrogen-bond donors (Lipinski definition) is 2.